The van der Waals surface area contributed by atoms with Crippen LogP contribution in [-0.2, 0) is 6.54 Å². The number of hydrogen-bond donors (Lipinski definition) is 0. The van der Waals surface area contributed by atoms with Gasteiger partial charge in [0.25, 0.3) is 5.91 Å². The van der Waals surface area contributed by atoms with E-state index in [0.29, 0.717) is 0 Å². The number of aryl methyl sites for hydroxylation is 3. The molecule has 0 N–H and O–H groups in total. The van der Waals surface area contributed by atoms with Crippen molar-refractivity contribution >= 4 is 5.91 Å². The molecule has 2 aromatic rings. The van der Waals surface area contributed by atoms with Gasteiger partial charge in [-0.3, -0.25) is 9.69 Å². The van der Waals surface area contributed by atoms with E-state index in [-0.39, 0.29) is 5.91 Å². The number of amides is 1. The molecule has 0 saturated carbocycles. The zero-order valence-electron chi connectivity index (χ0n) is 14.0. The standard InChI is InChI=1S/C18H23N3O2/c1-13-6-4-5-7-16(13)18(22)21-10-8-20(9-11-21)12-17-14(2)19-23-15(17)3/h4-7H,8-12H2,1-3H3. The number of rotatable bonds is 3. The molecular formula is C18H23N3O2. The summed E-state index contributed by atoms with van der Waals surface area (Å²) in [5.41, 5.74) is 3.98. The van der Waals surface area contributed by atoms with Gasteiger partial charge in [0.15, 0.2) is 0 Å². The second-order valence-electron chi connectivity index (χ2n) is 6.19. The highest BCUT2D eigenvalue weighted by atomic mass is 16.5. The van der Waals surface area contributed by atoms with Gasteiger partial charge in [-0.25, -0.2) is 0 Å². The molecule has 1 amide bonds. The molecule has 0 bridgehead atoms. The minimum absolute atomic E-state index is 0.139. The Kier molecular flexibility index (Phi) is 4.48. The van der Waals surface area contributed by atoms with Gasteiger partial charge in [0, 0.05) is 43.9 Å². The molecule has 0 unspecified atom stereocenters. The largest absolute Gasteiger partial charge is 0.361 e. The molecule has 1 aliphatic heterocycles. The third-order valence-electron chi connectivity index (χ3n) is 4.60. The molecule has 1 saturated heterocycles. The molecule has 5 nitrogen and oxygen atoms in total. The van der Waals surface area contributed by atoms with E-state index >= 15 is 0 Å². The van der Waals surface area contributed by atoms with Crippen LogP contribution in [0.15, 0.2) is 28.8 Å². The molecule has 1 fully saturated rings. The zero-order chi connectivity index (χ0) is 16.4. The molecule has 2 heterocycles. The van der Waals surface area contributed by atoms with E-state index in [0.717, 1.165) is 55.3 Å². The second-order valence-corrected chi connectivity index (χ2v) is 6.19. The fourth-order valence-corrected chi connectivity index (χ4v) is 3.04. The number of carbonyl (C=O) groups excluding carboxylic acids is 1. The Bertz CT molecular complexity index is 681. The Labute approximate surface area is 136 Å². The van der Waals surface area contributed by atoms with E-state index in [9.17, 15) is 4.79 Å². The number of carbonyl (C=O) groups is 1. The van der Waals surface area contributed by atoms with Crippen molar-refractivity contribution in [3.63, 3.8) is 0 Å². The molecule has 1 aliphatic rings. The molecule has 0 radical (unpaired) electrons. The summed E-state index contributed by atoms with van der Waals surface area (Å²) < 4.78 is 5.23. The second kappa shape index (κ2) is 6.54. The highest BCUT2D eigenvalue weighted by Crippen LogP contribution is 2.17. The maximum absolute atomic E-state index is 12.6. The summed E-state index contributed by atoms with van der Waals surface area (Å²) in [6, 6.07) is 7.79. The summed E-state index contributed by atoms with van der Waals surface area (Å²) in [4.78, 5) is 16.9. The minimum atomic E-state index is 0.139. The molecule has 0 spiro atoms. The van der Waals surface area contributed by atoms with Crippen molar-refractivity contribution in [1.82, 2.24) is 15.0 Å². The monoisotopic (exact) mass is 313 g/mol. The van der Waals surface area contributed by atoms with Crippen LogP contribution in [0.1, 0.15) is 32.9 Å². The van der Waals surface area contributed by atoms with E-state index in [1.165, 1.54) is 5.56 Å². The summed E-state index contributed by atoms with van der Waals surface area (Å²) in [6.45, 7) is 10.0. The van der Waals surface area contributed by atoms with Crippen LogP contribution in [0.4, 0.5) is 0 Å². The quantitative estimate of drug-likeness (QED) is 0.874. The average molecular weight is 313 g/mol. The van der Waals surface area contributed by atoms with E-state index in [1.807, 2.05) is 49.9 Å². The van der Waals surface area contributed by atoms with E-state index < -0.39 is 0 Å². The third kappa shape index (κ3) is 3.29. The van der Waals surface area contributed by atoms with Gasteiger partial charge in [0.05, 0.1) is 5.69 Å². The molecule has 1 aromatic heterocycles. The first-order valence-electron chi connectivity index (χ1n) is 8.05. The van der Waals surface area contributed by atoms with E-state index in [2.05, 4.69) is 10.1 Å². The van der Waals surface area contributed by atoms with Crippen molar-refractivity contribution in [3.8, 4) is 0 Å². The molecule has 3 rings (SSSR count). The van der Waals surface area contributed by atoms with Crippen LogP contribution in [0.2, 0.25) is 0 Å². The van der Waals surface area contributed by atoms with Crippen LogP contribution in [0.25, 0.3) is 0 Å². The highest BCUT2D eigenvalue weighted by molar-refractivity contribution is 5.95. The van der Waals surface area contributed by atoms with Crippen LogP contribution >= 0.6 is 0 Å². The number of aromatic nitrogens is 1. The third-order valence-corrected chi connectivity index (χ3v) is 4.60. The van der Waals surface area contributed by atoms with E-state index in [1.54, 1.807) is 0 Å². The lowest BCUT2D eigenvalue weighted by molar-refractivity contribution is 0.0627. The first-order chi connectivity index (χ1) is 11.1. The van der Waals surface area contributed by atoms with Crippen molar-refractivity contribution in [3.05, 3.63) is 52.4 Å². The molecule has 122 valence electrons. The Balaban J connectivity index is 1.60. The van der Waals surface area contributed by atoms with Crippen LogP contribution in [0.3, 0.4) is 0 Å². The van der Waals surface area contributed by atoms with Crippen LogP contribution in [0.5, 0.6) is 0 Å². The molecule has 0 aliphatic carbocycles. The predicted octanol–water partition coefficient (Wildman–Crippen LogP) is 2.56. The number of hydrogen-bond acceptors (Lipinski definition) is 4. The lowest BCUT2D eigenvalue weighted by atomic mass is 10.1. The summed E-state index contributed by atoms with van der Waals surface area (Å²) in [5, 5.41) is 4.01. The van der Waals surface area contributed by atoms with Crippen LogP contribution in [0, 0.1) is 20.8 Å². The number of benzene rings is 1. The minimum Gasteiger partial charge on any atom is -0.361 e. The summed E-state index contributed by atoms with van der Waals surface area (Å²) >= 11 is 0. The van der Waals surface area contributed by atoms with Gasteiger partial charge in [-0.1, -0.05) is 23.4 Å². The predicted molar refractivity (Wildman–Crippen MR) is 88.3 cm³/mol. The maximum atomic E-state index is 12.6. The topological polar surface area (TPSA) is 49.6 Å². The lowest BCUT2D eigenvalue weighted by Crippen LogP contribution is -2.48. The summed E-state index contributed by atoms with van der Waals surface area (Å²) in [6.07, 6.45) is 0. The van der Waals surface area contributed by atoms with Gasteiger partial charge >= 0.3 is 0 Å². The normalized spacial score (nSPS) is 15.9. The first-order valence-corrected chi connectivity index (χ1v) is 8.05. The summed E-state index contributed by atoms with van der Waals surface area (Å²) in [7, 11) is 0. The summed E-state index contributed by atoms with van der Waals surface area (Å²) in [5.74, 6) is 1.03. The Hall–Kier alpha value is -2.14. The van der Waals surface area contributed by atoms with Crippen molar-refractivity contribution in [2.75, 3.05) is 26.2 Å². The average Bonchev–Trinajstić information content (AvgIpc) is 2.87. The number of piperazine rings is 1. The smallest absolute Gasteiger partial charge is 0.254 e. The number of nitrogens with zero attached hydrogens (tertiary/aromatic N) is 3. The van der Waals surface area contributed by atoms with E-state index in [4.69, 9.17) is 4.52 Å². The van der Waals surface area contributed by atoms with Crippen molar-refractivity contribution < 1.29 is 9.32 Å². The van der Waals surface area contributed by atoms with Crippen molar-refractivity contribution in [1.29, 1.82) is 0 Å². The fraction of sp³-hybridized carbons (Fsp3) is 0.444. The van der Waals surface area contributed by atoms with Gasteiger partial charge in [0.1, 0.15) is 5.76 Å². The van der Waals surface area contributed by atoms with Crippen molar-refractivity contribution in [2.24, 2.45) is 0 Å². The van der Waals surface area contributed by atoms with Gasteiger partial charge in [-0.15, -0.1) is 0 Å². The maximum Gasteiger partial charge on any atom is 0.254 e. The Morgan fingerprint density at radius 1 is 1.13 bits per heavy atom. The molecular weight excluding hydrogens is 290 g/mol. The van der Waals surface area contributed by atoms with Gasteiger partial charge in [-0.2, -0.15) is 0 Å². The highest BCUT2D eigenvalue weighted by Gasteiger charge is 2.24. The molecule has 0 atom stereocenters. The van der Waals surface area contributed by atoms with Crippen molar-refractivity contribution in [2.45, 2.75) is 27.3 Å². The van der Waals surface area contributed by atoms with Gasteiger partial charge < -0.3 is 9.42 Å². The molecule has 1 aromatic carbocycles. The lowest BCUT2D eigenvalue weighted by Gasteiger charge is -2.35. The Morgan fingerprint density at radius 2 is 1.83 bits per heavy atom. The SMILES string of the molecule is Cc1ccccc1C(=O)N1CCN(Cc2c(C)noc2C)CC1. The zero-order valence-corrected chi connectivity index (χ0v) is 14.0. The van der Waals surface area contributed by atoms with Gasteiger partial charge in [-0.05, 0) is 32.4 Å². The van der Waals surface area contributed by atoms with Crippen LogP contribution < -0.4 is 0 Å². The Morgan fingerprint density at radius 3 is 2.43 bits per heavy atom. The fourth-order valence-electron chi connectivity index (χ4n) is 3.04. The van der Waals surface area contributed by atoms with Gasteiger partial charge in [0.2, 0.25) is 0 Å². The molecule has 23 heavy (non-hydrogen) atoms. The molecule has 5 heteroatoms. The van der Waals surface area contributed by atoms with Crippen LogP contribution in [-0.4, -0.2) is 47.0 Å². The first kappa shape index (κ1) is 15.7.